The first kappa shape index (κ1) is 23.5. The van der Waals surface area contributed by atoms with Crippen LogP contribution in [0, 0.1) is 6.92 Å². The predicted molar refractivity (Wildman–Crippen MR) is 120 cm³/mol. The number of hydrogen-bond donors (Lipinski definition) is 1. The zero-order chi connectivity index (χ0) is 21.8. The van der Waals surface area contributed by atoms with Gasteiger partial charge in [-0.1, -0.05) is 61.9 Å². The molecule has 0 saturated heterocycles. The number of nitrogens with zero attached hydrogens (tertiary/aromatic N) is 1. The number of carbonyl (C=O) groups excluding carboxylic acids is 2. The highest BCUT2D eigenvalue weighted by molar-refractivity contribution is 5.87. The molecule has 1 N–H and O–H groups in total. The summed E-state index contributed by atoms with van der Waals surface area (Å²) in [6.45, 7) is 7.51. The fraction of sp³-hybridized carbons (Fsp3) is 0.440. The van der Waals surface area contributed by atoms with Crippen molar-refractivity contribution in [2.75, 3.05) is 13.2 Å². The Morgan fingerprint density at radius 3 is 2.37 bits per heavy atom. The van der Waals surface area contributed by atoms with Crippen molar-refractivity contribution in [1.29, 1.82) is 0 Å². The van der Waals surface area contributed by atoms with E-state index >= 15 is 0 Å². The van der Waals surface area contributed by atoms with Crippen molar-refractivity contribution in [1.82, 2.24) is 10.2 Å². The Labute approximate surface area is 180 Å². The summed E-state index contributed by atoms with van der Waals surface area (Å²) in [6.07, 6.45) is 2.39. The summed E-state index contributed by atoms with van der Waals surface area (Å²) in [6, 6.07) is 17.2. The number of rotatable bonds is 12. The van der Waals surface area contributed by atoms with Crippen molar-refractivity contribution in [2.45, 2.75) is 59.0 Å². The van der Waals surface area contributed by atoms with Crippen LogP contribution in [0.1, 0.15) is 50.7 Å². The Balaban J connectivity index is 1.99. The highest BCUT2D eigenvalue weighted by Crippen LogP contribution is 2.15. The van der Waals surface area contributed by atoms with E-state index < -0.39 is 6.04 Å². The Bertz CT molecular complexity index is 775. The molecule has 2 aromatic rings. The third-order valence-electron chi connectivity index (χ3n) is 4.96. The van der Waals surface area contributed by atoms with Crippen molar-refractivity contribution in [3.05, 3.63) is 65.7 Å². The fourth-order valence-corrected chi connectivity index (χ4v) is 3.26. The van der Waals surface area contributed by atoms with Crippen LogP contribution >= 0.6 is 0 Å². The maximum Gasteiger partial charge on any atom is 0.242 e. The van der Waals surface area contributed by atoms with Gasteiger partial charge in [-0.05, 0) is 43.9 Å². The van der Waals surface area contributed by atoms with Crippen LogP contribution in [0.5, 0.6) is 5.75 Å². The summed E-state index contributed by atoms with van der Waals surface area (Å²) in [5.74, 6) is 0.698. The summed E-state index contributed by atoms with van der Waals surface area (Å²) >= 11 is 0. The minimum Gasteiger partial charge on any atom is -0.494 e. The number of nitrogens with one attached hydrogen (secondary N) is 1. The molecule has 0 aliphatic rings. The van der Waals surface area contributed by atoms with Crippen LogP contribution in [0.15, 0.2) is 54.6 Å². The van der Waals surface area contributed by atoms with Gasteiger partial charge in [-0.25, -0.2) is 0 Å². The van der Waals surface area contributed by atoms with Crippen molar-refractivity contribution in [3.8, 4) is 5.75 Å². The topological polar surface area (TPSA) is 58.6 Å². The standard InChI is InChI=1S/C25H34N2O3/c1-4-17-26-25(29)23(5-2)27(19-21-10-7-6-8-11-21)24(28)12-9-18-30-22-15-13-20(3)14-16-22/h6-8,10-11,13-16,23H,4-5,9,12,17-19H2,1-3H3,(H,26,29)/t23-/m0/s1. The van der Waals surface area contributed by atoms with Gasteiger partial charge < -0.3 is 15.0 Å². The maximum atomic E-state index is 13.1. The van der Waals surface area contributed by atoms with E-state index in [1.54, 1.807) is 4.90 Å². The molecule has 0 aliphatic heterocycles. The number of benzene rings is 2. The van der Waals surface area contributed by atoms with E-state index in [2.05, 4.69) is 5.32 Å². The molecule has 2 aromatic carbocycles. The van der Waals surface area contributed by atoms with Crippen LogP contribution in [-0.2, 0) is 16.1 Å². The molecule has 0 aliphatic carbocycles. The molecule has 0 spiro atoms. The molecule has 0 saturated carbocycles. The van der Waals surface area contributed by atoms with Crippen LogP contribution in [0.4, 0.5) is 0 Å². The van der Waals surface area contributed by atoms with Crippen molar-refractivity contribution < 1.29 is 14.3 Å². The van der Waals surface area contributed by atoms with E-state index in [1.807, 2.05) is 75.4 Å². The zero-order valence-corrected chi connectivity index (χ0v) is 18.4. The van der Waals surface area contributed by atoms with Gasteiger partial charge in [-0.3, -0.25) is 9.59 Å². The smallest absolute Gasteiger partial charge is 0.242 e. The van der Waals surface area contributed by atoms with Gasteiger partial charge in [0.25, 0.3) is 0 Å². The molecule has 1 atom stereocenters. The third-order valence-corrected chi connectivity index (χ3v) is 4.96. The normalized spacial score (nSPS) is 11.6. The molecule has 0 unspecified atom stereocenters. The molecule has 2 amide bonds. The average Bonchev–Trinajstić information content (AvgIpc) is 2.76. The minimum atomic E-state index is -0.470. The highest BCUT2D eigenvalue weighted by atomic mass is 16.5. The summed E-state index contributed by atoms with van der Waals surface area (Å²) in [5.41, 5.74) is 2.20. The van der Waals surface area contributed by atoms with Gasteiger partial charge in [0.2, 0.25) is 11.8 Å². The SMILES string of the molecule is CCCNC(=O)[C@H](CC)N(Cc1ccccc1)C(=O)CCCOc1ccc(C)cc1. The number of aryl methyl sites for hydroxylation is 1. The lowest BCUT2D eigenvalue weighted by Gasteiger charge is -2.30. The molecule has 5 nitrogen and oxygen atoms in total. The van der Waals surface area contributed by atoms with E-state index in [4.69, 9.17) is 4.74 Å². The van der Waals surface area contributed by atoms with Crippen LogP contribution < -0.4 is 10.1 Å². The Morgan fingerprint density at radius 2 is 1.73 bits per heavy atom. The second-order valence-corrected chi connectivity index (χ2v) is 7.49. The predicted octanol–water partition coefficient (Wildman–Crippen LogP) is 4.49. The third kappa shape index (κ3) is 7.54. The quantitative estimate of drug-likeness (QED) is 0.525. The fourth-order valence-electron chi connectivity index (χ4n) is 3.26. The van der Waals surface area contributed by atoms with Crippen molar-refractivity contribution in [3.63, 3.8) is 0 Å². The van der Waals surface area contributed by atoms with E-state index in [0.717, 1.165) is 17.7 Å². The zero-order valence-electron chi connectivity index (χ0n) is 18.4. The number of hydrogen-bond acceptors (Lipinski definition) is 3. The summed E-state index contributed by atoms with van der Waals surface area (Å²) in [7, 11) is 0. The Kier molecular flexibility index (Phi) is 9.92. The summed E-state index contributed by atoms with van der Waals surface area (Å²) in [5, 5.41) is 2.94. The molecule has 30 heavy (non-hydrogen) atoms. The summed E-state index contributed by atoms with van der Waals surface area (Å²) in [4.78, 5) is 27.5. The second-order valence-electron chi connectivity index (χ2n) is 7.49. The molecule has 0 radical (unpaired) electrons. The van der Waals surface area contributed by atoms with Gasteiger partial charge in [-0.15, -0.1) is 0 Å². The first-order valence-corrected chi connectivity index (χ1v) is 10.9. The van der Waals surface area contributed by atoms with Crippen LogP contribution in [0.2, 0.25) is 0 Å². The van der Waals surface area contributed by atoms with Gasteiger partial charge in [0.15, 0.2) is 0 Å². The lowest BCUT2D eigenvalue weighted by atomic mass is 10.1. The average molecular weight is 411 g/mol. The lowest BCUT2D eigenvalue weighted by molar-refractivity contribution is -0.141. The molecular formula is C25H34N2O3. The van der Waals surface area contributed by atoms with Gasteiger partial charge in [-0.2, -0.15) is 0 Å². The molecular weight excluding hydrogens is 376 g/mol. The van der Waals surface area contributed by atoms with E-state index in [9.17, 15) is 9.59 Å². The number of ether oxygens (including phenoxy) is 1. The maximum absolute atomic E-state index is 13.1. The molecule has 2 rings (SSSR count). The van der Waals surface area contributed by atoms with Crippen LogP contribution in [0.3, 0.4) is 0 Å². The number of amides is 2. The second kappa shape index (κ2) is 12.7. The largest absolute Gasteiger partial charge is 0.494 e. The van der Waals surface area contributed by atoms with Crippen molar-refractivity contribution in [2.24, 2.45) is 0 Å². The first-order chi connectivity index (χ1) is 14.5. The van der Waals surface area contributed by atoms with E-state index in [0.29, 0.717) is 39.0 Å². The molecule has 0 heterocycles. The van der Waals surface area contributed by atoms with Crippen LogP contribution in [0.25, 0.3) is 0 Å². The number of carbonyl (C=O) groups is 2. The molecule has 162 valence electrons. The van der Waals surface area contributed by atoms with Gasteiger partial charge in [0.05, 0.1) is 6.61 Å². The lowest BCUT2D eigenvalue weighted by Crippen LogP contribution is -2.49. The van der Waals surface area contributed by atoms with Gasteiger partial charge >= 0.3 is 0 Å². The monoisotopic (exact) mass is 410 g/mol. The highest BCUT2D eigenvalue weighted by Gasteiger charge is 2.28. The molecule has 0 aromatic heterocycles. The van der Waals surface area contributed by atoms with Crippen molar-refractivity contribution >= 4 is 11.8 Å². The summed E-state index contributed by atoms with van der Waals surface area (Å²) < 4.78 is 5.75. The van der Waals surface area contributed by atoms with Gasteiger partial charge in [0, 0.05) is 19.5 Å². The van der Waals surface area contributed by atoms with Crippen LogP contribution in [-0.4, -0.2) is 35.9 Å². The molecule has 0 bridgehead atoms. The van der Waals surface area contributed by atoms with Gasteiger partial charge in [0.1, 0.15) is 11.8 Å². The van der Waals surface area contributed by atoms with E-state index in [-0.39, 0.29) is 11.8 Å². The first-order valence-electron chi connectivity index (χ1n) is 10.9. The van der Waals surface area contributed by atoms with E-state index in [1.165, 1.54) is 5.56 Å². The Hall–Kier alpha value is -2.82. The molecule has 0 fully saturated rings. The minimum absolute atomic E-state index is 0.0233. The molecule has 5 heteroatoms. The Morgan fingerprint density at radius 1 is 1.03 bits per heavy atom.